The Hall–Kier alpha value is -3.55. The number of nitrogens with one attached hydrogen (secondary N) is 1. The number of hydrogen-bond donors (Lipinski definition) is 1. The van der Waals surface area contributed by atoms with Crippen LogP contribution in [0.3, 0.4) is 0 Å². The van der Waals surface area contributed by atoms with E-state index in [1.54, 1.807) is 44.3 Å². The molecule has 4 aliphatic rings. The SMILES string of the molecule is CCOC(=O)c1[nH]cc2c1[C@@H]1C[C@H]2[C@@]23C=NC(C(=O)OCC)[C@@]12C(=O)c1ccccc1C3=O. The summed E-state index contributed by atoms with van der Waals surface area (Å²) < 4.78 is 10.6. The van der Waals surface area contributed by atoms with Crippen LogP contribution in [-0.2, 0) is 14.3 Å². The van der Waals surface area contributed by atoms with Crippen molar-refractivity contribution in [2.24, 2.45) is 15.8 Å². The summed E-state index contributed by atoms with van der Waals surface area (Å²) in [7, 11) is 0. The van der Waals surface area contributed by atoms with Gasteiger partial charge in [-0.3, -0.25) is 14.6 Å². The summed E-state index contributed by atoms with van der Waals surface area (Å²) in [5.41, 5.74) is -0.363. The van der Waals surface area contributed by atoms with Gasteiger partial charge in [0.05, 0.1) is 24.0 Å². The van der Waals surface area contributed by atoms with Gasteiger partial charge in [0.25, 0.3) is 0 Å². The summed E-state index contributed by atoms with van der Waals surface area (Å²) in [6.07, 6.45) is 3.74. The van der Waals surface area contributed by atoms with Gasteiger partial charge in [-0.05, 0) is 31.4 Å². The highest BCUT2D eigenvalue weighted by molar-refractivity contribution is 6.28. The number of ether oxygens (including phenoxy) is 2. The Balaban J connectivity index is 1.64. The van der Waals surface area contributed by atoms with E-state index in [4.69, 9.17) is 9.47 Å². The van der Waals surface area contributed by atoms with Gasteiger partial charge >= 0.3 is 11.9 Å². The second-order valence-electron chi connectivity index (χ2n) is 8.97. The number of nitrogens with zero attached hydrogens (tertiary/aromatic N) is 1. The maximum Gasteiger partial charge on any atom is 0.355 e. The van der Waals surface area contributed by atoms with E-state index in [1.807, 2.05) is 0 Å². The minimum absolute atomic E-state index is 0.129. The van der Waals surface area contributed by atoms with E-state index in [-0.39, 0.29) is 36.4 Å². The Morgan fingerprint density at radius 2 is 1.76 bits per heavy atom. The molecular formula is C25H22N2O6. The molecule has 1 N–H and O–H groups in total. The van der Waals surface area contributed by atoms with E-state index < -0.39 is 34.7 Å². The maximum atomic E-state index is 14.3. The number of aliphatic imine (C=N–C) groups is 1. The third kappa shape index (κ3) is 2.01. The molecule has 2 bridgehead atoms. The van der Waals surface area contributed by atoms with E-state index in [0.717, 1.165) is 5.56 Å². The zero-order valence-electron chi connectivity index (χ0n) is 18.2. The zero-order chi connectivity index (χ0) is 23.1. The van der Waals surface area contributed by atoms with Crippen LogP contribution in [0.2, 0.25) is 0 Å². The first-order valence-electron chi connectivity index (χ1n) is 11.2. The first-order valence-corrected chi connectivity index (χ1v) is 11.2. The van der Waals surface area contributed by atoms with Gasteiger partial charge in [0.15, 0.2) is 17.6 Å². The lowest BCUT2D eigenvalue weighted by Gasteiger charge is -2.50. The number of aromatic nitrogens is 1. The fraction of sp³-hybridized carbons (Fsp3) is 0.400. The number of carbonyl (C=O) groups excluding carboxylic acids is 4. The molecule has 5 atom stereocenters. The molecule has 1 fully saturated rings. The number of rotatable bonds is 4. The van der Waals surface area contributed by atoms with Crippen LogP contribution >= 0.6 is 0 Å². The van der Waals surface area contributed by atoms with Crippen molar-refractivity contribution in [3.63, 3.8) is 0 Å². The summed E-state index contributed by atoms with van der Waals surface area (Å²) in [4.78, 5) is 61.8. The van der Waals surface area contributed by atoms with Gasteiger partial charge in [0.1, 0.15) is 5.69 Å². The number of hydrogen-bond acceptors (Lipinski definition) is 7. The van der Waals surface area contributed by atoms with Gasteiger partial charge in [-0.2, -0.15) is 0 Å². The summed E-state index contributed by atoms with van der Waals surface area (Å²) in [5.74, 6) is -2.57. The standard InChI is InChI=1S/C25H22N2O6/c1-3-32-22(30)18-17-14(10-26-18)15-9-16(17)25-19(23(31)33-4-2)27-11-24(15,25)20(28)12-7-5-6-8-13(12)21(25)29/h5-8,10-11,15-16,19,26H,3-4,9H2,1-2H3/t15-,16+,19?,24-,25-/m1/s1. The summed E-state index contributed by atoms with van der Waals surface area (Å²) in [6.45, 7) is 3.74. The summed E-state index contributed by atoms with van der Waals surface area (Å²) in [6, 6.07) is 5.58. The highest BCUT2D eigenvalue weighted by Crippen LogP contribution is 2.77. The lowest BCUT2D eigenvalue weighted by Crippen LogP contribution is -2.62. The molecule has 1 saturated carbocycles. The minimum atomic E-state index is -1.47. The first kappa shape index (κ1) is 20.1. The number of carbonyl (C=O) groups is 4. The molecule has 168 valence electrons. The van der Waals surface area contributed by atoms with Gasteiger partial charge < -0.3 is 14.5 Å². The predicted molar refractivity (Wildman–Crippen MR) is 116 cm³/mol. The van der Waals surface area contributed by atoms with Gasteiger partial charge in [-0.15, -0.1) is 0 Å². The molecule has 1 aliphatic heterocycles. The number of aromatic amines is 1. The smallest absolute Gasteiger partial charge is 0.355 e. The third-order valence-corrected chi connectivity index (χ3v) is 7.95. The maximum absolute atomic E-state index is 14.3. The molecule has 8 heteroatoms. The van der Waals surface area contributed by atoms with E-state index in [2.05, 4.69) is 9.98 Å². The van der Waals surface area contributed by atoms with Gasteiger partial charge in [0.2, 0.25) is 0 Å². The molecule has 0 spiro atoms. The van der Waals surface area contributed by atoms with Crippen LogP contribution in [0.15, 0.2) is 35.5 Å². The second kappa shape index (κ2) is 6.50. The zero-order valence-corrected chi connectivity index (χ0v) is 18.2. The Morgan fingerprint density at radius 1 is 1.06 bits per heavy atom. The molecule has 0 amide bonds. The summed E-state index contributed by atoms with van der Waals surface area (Å²) >= 11 is 0. The molecular weight excluding hydrogens is 424 g/mol. The highest BCUT2D eigenvalue weighted by atomic mass is 16.5. The summed E-state index contributed by atoms with van der Waals surface area (Å²) in [5, 5.41) is 0. The molecule has 3 aliphatic carbocycles. The number of fused-ring (bicyclic) bond motifs is 6. The number of H-pyrrole nitrogens is 1. The Bertz CT molecular complexity index is 1290. The van der Waals surface area contributed by atoms with Crippen LogP contribution in [0.25, 0.3) is 0 Å². The first-order chi connectivity index (χ1) is 15.9. The average Bonchev–Trinajstić information content (AvgIpc) is 3.54. The highest BCUT2D eigenvalue weighted by Gasteiger charge is 2.82. The van der Waals surface area contributed by atoms with E-state index in [9.17, 15) is 19.2 Å². The van der Waals surface area contributed by atoms with Crippen LogP contribution in [0, 0.1) is 10.8 Å². The van der Waals surface area contributed by atoms with Crippen LogP contribution in [-0.4, -0.2) is 54.0 Å². The van der Waals surface area contributed by atoms with Crippen LogP contribution in [0.1, 0.15) is 74.4 Å². The molecule has 2 heterocycles. The van der Waals surface area contributed by atoms with E-state index >= 15 is 0 Å². The van der Waals surface area contributed by atoms with Crippen molar-refractivity contribution in [1.29, 1.82) is 0 Å². The molecule has 8 nitrogen and oxygen atoms in total. The average molecular weight is 446 g/mol. The van der Waals surface area contributed by atoms with E-state index in [1.165, 1.54) is 6.21 Å². The Morgan fingerprint density at radius 3 is 2.45 bits per heavy atom. The molecule has 6 rings (SSSR count). The molecule has 33 heavy (non-hydrogen) atoms. The monoisotopic (exact) mass is 446 g/mol. The van der Waals surface area contributed by atoms with Crippen molar-refractivity contribution in [3.05, 3.63) is 58.4 Å². The minimum Gasteiger partial charge on any atom is -0.464 e. The number of ketones is 2. The Labute approximate surface area is 189 Å². The van der Waals surface area contributed by atoms with Crippen LogP contribution < -0.4 is 0 Å². The number of benzene rings is 1. The van der Waals surface area contributed by atoms with E-state index in [0.29, 0.717) is 23.1 Å². The lowest BCUT2D eigenvalue weighted by atomic mass is 9.47. The van der Waals surface area contributed by atoms with Gasteiger partial charge in [-0.25, -0.2) is 9.59 Å². The molecule has 0 saturated heterocycles. The third-order valence-electron chi connectivity index (χ3n) is 7.95. The van der Waals surface area contributed by atoms with Gasteiger partial charge in [-0.1, -0.05) is 24.3 Å². The molecule has 2 aromatic rings. The normalized spacial score (nSPS) is 32.2. The van der Waals surface area contributed by atoms with Crippen molar-refractivity contribution >= 4 is 29.7 Å². The van der Waals surface area contributed by atoms with Crippen molar-refractivity contribution in [3.8, 4) is 0 Å². The largest absolute Gasteiger partial charge is 0.464 e. The topological polar surface area (TPSA) is 115 Å². The quantitative estimate of drug-likeness (QED) is 0.723. The number of esters is 2. The molecule has 0 radical (unpaired) electrons. The molecule has 1 unspecified atom stereocenters. The fourth-order valence-electron chi connectivity index (χ4n) is 6.98. The van der Waals surface area contributed by atoms with Crippen LogP contribution in [0.5, 0.6) is 0 Å². The number of Topliss-reactive ketones (excluding diaryl/α,β-unsaturated/α-hetero) is 2. The second-order valence-corrected chi connectivity index (χ2v) is 8.97. The van der Waals surface area contributed by atoms with Gasteiger partial charge in [0, 0.05) is 35.4 Å². The predicted octanol–water partition coefficient (Wildman–Crippen LogP) is 2.84. The molecule has 1 aromatic carbocycles. The van der Waals surface area contributed by atoms with Crippen molar-refractivity contribution in [2.75, 3.05) is 13.2 Å². The van der Waals surface area contributed by atoms with Crippen molar-refractivity contribution < 1.29 is 28.7 Å². The van der Waals surface area contributed by atoms with Crippen molar-refractivity contribution in [1.82, 2.24) is 4.98 Å². The lowest BCUT2D eigenvalue weighted by molar-refractivity contribution is -0.147. The van der Waals surface area contributed by atoms with Crippen molar-refractivity contribution in [2.45, 2.75) is 38.1 Å². The molecule has 1 aromatic heterocycles. The van der Waals surface area contributed by atoms with Crippen LogP contribution in [0.4, 0.5) is 0 Å². The Kier molecular flexibility index (Phi) is 3.95. The fourth-order valence-corrected chi connectivity index (χ4v) is 6.98.